The normalized spacial score (nSPS) is 19.9. The van der Waals surface area contributed by atoms with Crippen LogP contribution in [0.4, 0.5) is 0 Å². The quantitative estimate of drug-likeness (QED) is 0.732. The zero-order valence-corrected chi connectivity index (χ0v) is 15.9. The summed E-state index contributed by atoms with van der Waals surface area (Å²) in [4.78, 5) is 31.0. The van der Waals surface area contributed by atoms with Gasteiger partial charge in [0.25, 0.3) is 5.56 Å². The molecule has 3 aromatic rings. The van der Waals surface area contributed by atoms with E-state index in [1.54, 1.807) is 12.1 Å². The number of aromatic nitrogens is 2. The van der Waals surface area contributed by atoms with Gasteiger partial charge in [-0.15, -0.1) is 0 Å². The lowest BCUT2D eigenvalue weighted by atomic mass is 9.93. The average molecular weight is 377 g/mol. The van der Waals surface area contributed by atoms with Gasteiger partial charge >= 0.3 is 0 Å². The molecule has 6 nitrogen and oxygen atoms in total. The van der Waals surface area contributed by atoms with E-state index in [9.17, 15) is 14.7 Å². The molecule has 2 aromatic carbocycles. The summed E-state index contributed by atoms with van der Waals surface area (Å²) in [5.41, 5.74) is 0.958. The number of benzene rings is 2. The second kappa shape index (κ2) is 7.11. The molecule has 0 fully saturated rings. The van der Waals surface area contributed by atoms with Gasteiger partial charge in [-0.2, -0.15) is 0 Å². The molecule has 0 saturated carbocycles. The molecule has 3 atom stereocenters. The van der Waals surface area contributed by atoms with E-state index in [1.165, 1.54) is 10.6 Å². The van der Waals surface area contributed by atoms with Crippen LogP contribution in [-0.2, 0) is 11.2 Å². The van der Waals surface area contributed by atoms with E-state index < -0.39 is 6.04 Å². The summed E-state index contributed by atoms with van der Waals surface area (Å²) in [6, 6.07) is 13.4. The van der Waals surface area contributed by atoms with E-state index in [0.29, 0.717) is 17.6 Å². The number of phenols is 1. The summed E-state index contributed by atoms with van der Waals surface area (Å²) in [6.07, 6.45) is 1.22. The number of fused-ring (bicyclic) bond motifs is 2. The van der Waals surface area contributed by atoms with Gasteiger partial charge in [0.2, 0.25) is 5.91 Å². The summed E-state index contributed by atoms with van der Waals surface area (Å²) in [5, 5.41) is 13.6. The number of phenolic OH excluding ortho intramolecular Hbond substituents is 1. The van der Waals surface area contributed by atoms with Crippen LogP contribution >= 0.6 is 0 Å². The maximum absolute atomic E-state index is 13.4. The Kier molecular flexibility index (Phi) is 4.63. The molecule has 1 unspecified atom stereocenters. The van der Waals surface area contributed by atoms with E-state index in [1.807, 2.05) is 44.2 Å². The molecule has 0 aliphatic carbocycles. The van der Waals surface area contributed by atoms with Gasteiger partial charge in [-0.1, -0.05) is 56.7 Å². The van der Waals surface area contributed by atoms with Crippen LogP contribution in [0, 0.1) is 5.92 Å². The number of rotatable bonds is 4. The van der Waals surface area contributed by atoms with Gasteiger partial charge in [0.1, 0.15) is 23.1 Å². The van der Waals surface area contributed by atoms with Crippen molar-refractivity contribution in [3.63, 3.8) is 0 Å². The average Bonchev–Trinajstić information content (AvgIpc) is 2.71. The first kappa shape index (κ1) is 18.2. The summed E-state index contributed by atoms with van der Waals surface area (Å²) < 4.78 is 1.53. The van der Waals surface area contributed by atoms with Crippen LogP contribution in [0.2, 0.25) is 0 Å². The Labute approximate surface area is 162 Å². The van der Waals surface area contributed by atoms with Crippen LogP contribution in [0.25, 0.3) is 10.9 Å². The first-order valence-corrected chi connectivity index (χ1v) is 9.59. The lowest BCUT2D eigenvalue weighted by molar-refractivity contribution is -0.127. The molecule has 4 rings (SSSR count). The molecule has 1 aromatic heterocycles. The molecule has 1 aliphatic rings. The molecule has 0 spiro atoms. The highest BCUT2D eigenvalue weighted by molar-refractivity contribution is 5.86. The molecule has 0 saturated heterocycles. The number of para-hydroxylation sites is 1. The molecule has 2 N–H and O–H groups in total. The lowest BCUT2D eigenvalue weighted by Crippen LogP contribution is -2.50. The van der Waals surface area contributed by atoms with Gasteiger partial charge in [-0.25, -0.2) is 4.98 Å². The number of aromatic hydroxyl groups is 1. The smallest absolute Gasteiger partial charge is 0.262 e. The Morgan fingerprint density at radius 3 is 2.61 bits per heavy atom. The number of hydrogen-bond donors (Lipinski definition) is 2. The summed E-state index contributed by atoms with van der Waals surface area (Å²) in [5.74, 6) is 0.402. The fraction of sp³-hybridized carbons (Fsp3) is 0.318. The standard InChI is InChI=1S/C22H23N3O3/c1-3-13(2)18-20-23-19-15(10-7-11-17(19)26)22(28)25(20)16(21(27)24-18)12-14-8-5-4-6-9-14/h4-11,13,16,18,26H,3,12H2,1-2H3,(H,24,27)/t13?,16-,18+/m1/s1. The van der Waals surface area contributed by atoms with Crippen LogP contribution in [-0.4, -0.2) is 20.6 Å². The maximum atomic E-state index is 13.4. The van der Waals surface area contributed by atoms with Crippen molar-refractivity contribution in [2.75, 3.05) is 0 Å². The Morgan fingerprint density at radius 2 is 1.89 bits per heavy atom. The zero-order chi connectivity index (χ0) is 19.8. The van der Waals surface area contributed by atoms with Crippen molar-refractivity contribution in [1.82, 2.24) is 14.9 Å². The van der Waals surface area contributed by atoms with E-state index in [0.717, 1.165) is 12.0 Å². The maximum Gasteiger partial charge on any atom is 0.262 e. The Balaban J connectivity index is 1.95. The first-order valence-electron chi connectivity index (χ1n) is 9.59. The topological polar surface area (TPSA) is 84.2 Å². The van der Waals surface area contributed by atoms with Crippen molar-refractivity contribution in [3.8, 4) is 5.75 Å². The fourth-order valence-corrected chi connectivity index (χ4v) is 3.83. The highest BCUT2D eigenvalue weighted by Crippen LogP contribution is 2.32. The van der Waals surface area contributed by atoms with Gasteiger partial charge in [0.05, 0.1) is 11.4 Å². The third-order valence-electron chi connectivity index (χ3n) is 5.61. The third-order valence-corrected chi connectivity index (χ3v) is 5.61. The monoisotopic (exact) mass is 377 g/mol. The van der Waals surface area contributed by atoms with Gasteiger partial charge in [0.15, 0.2) is 0 Å². The van der Waals surface area contributed by atoms with E-state index in [2.05, 4.69) is 10.3 Å². The minimum absolute atomic E-state index is 0.0302. The number of nitrogens with zero attached hydrogens (tertiary/aromatic N) is 2. The molecule has 144 valence electrons. The largest absolute Gasteiger partial charge is 0.506 e. The summed E-state index contributed by atoms with van der Waals surface area (Å²) >= 11 is 0. The second-order valence-corrected chi connectivity index (χ2v) is 7.40. The van der Waals surface area contributed by atoms with E-state index >= 15 is 0 Å². The molecule has 1 amide bonds. The van der Waals surface area contributed by atoms with Crippen molar-refractivity contribution in [2.24, 2.45) is 5.92 Å². The number of carbonyl (C=O) groups is 1. The Morgan fingerprint density at radius 1 is 1.14 bits per heavy atom. The number of hydrogen-bond acceptors (Lipinski definition) is 4. The lowest BCUT2D eigenvalue weighted by Gasteiger charge is -2.35. The summed E-state index contributed by atoms with van der Waals surface area (Å²) in [7, 11) is 0. The molecule has 0 bridgehead atoms. The van der Waals surface area contributed by atoms with E-state index in [-0.39, 0.29) is 34.7 Å². The Bertz CT molecular complexity index is 1090. The number of carbonyl (C=O) groups excluding carboxylic acids is 1. The number of amides is 1. The van der Waals surface area contributed by atoms with Crippen LogP contribution < -0.4 is 10.9 Å². The highest BCUT2D eigenvalue weighted by atomic mass is 16.3. The SMILES string of the molecule is CCC(C)[C@@H]1NC(=O)[C@@H](Cc2ccccc2)n2c1nc1c(O)cccc1c2=O. The number of nitrogens with one attached hydrogen (secondary N) is 1. The molecular weight excluding hydrogens is 354 g/mol. The van der Waals surface area contributed by atoms with Gasteiger partial charge in [0, 0.05) is 6.42 Å². The molecular formula is C22H23N3O3. The summed E-state index contributed by atoms with van der Waals surface area (Å²) in [6.45, 7) is 4.06. The molecule has 6 heteroatoms. The van der Waals surface area contributed by atoms with Crippen molar-refractivity contribution in [2.45, 2.75) is 38.8 Å². The first-order chi connectivity index (χ1) is 13.5. The minimum atomic E-state index is -0.676. The van der Waals surface area contributed by atoms with Crippen molar-refractivity contribution < 1.29 is 9.90 Å². The van der Waals surface area contributed by atoms with E-state index in [4.69, 9.17) is 0 Å². The second-order valence-electron chi connectivity index (χ2n) is 7.40. The molecule has 28 heavy (non-hydrogen) atoms. The highest BCUT2D eigenvalue weighted by Gasteiger charge is 2.37. The van der Waals surface area contributed by atoms with Gasteiger partial charge < -0.3 is 10.4 Å². The van der Waals surface area contributed by atoms with Crippen LogP contribution in [0.3, 0.4) is 0 Å². The predicted octanol–water partition coefficient (Wildman–Crippen LogP) is 3.10. The molecule has 0 radical (unpaired) electrons. The van der Waals surface area contributed by atoms with Gasteiger partial charge in [-0.05, 0) is 23.6 Å². The van der Waals surface area contributed by atoms with Crippen LogP contribution in [0.1, 0.15) is 43.7 Å². The minimum Gasteiger partial charge on any atom is -0.506 e. The van der Waals surface area contributed by atoms with Crippen molar-refractivity contribution in [3.05, 3.63) is 70.3 Å². The molecule has 1 aliphatic heterocycles. The predicted molar refractivity (Wildman–Crippen MR) is 107 cm³/mol. The Hall–Kier alpha value is -3.15. The third kappa shape index (κ3) is 2.95. The van der Waals surface area contributed by atoms with Crippen LogP contribution in [0.5, 0.6) is 5.75 Å². The van der Waals surface area contributed by atoms with Crippen molar-refractivity contribution in [1.29, 1.82) is 0 Å². The fourth-order valence-electron chi connectivity index (χ4n) is 3.83. The van der Waals surface area contributed by atoms with Crippen molar-refractivity contribution >= 4 is 16.8 Å². The van der Waals surface area contributed by atoms with Crippen LogP contribution in [0.15, 0.2) is 53.3 Å². The van der Waals surface area contributed by atoms with Gasteiger partial charge in [-0.3, -0.25) is 14.2 Å². The molecule has 2 heterocycles. The zero-order valence-electron chi connectivity index (χ0n) is 15.9.